The van der Waals surface area contributed by atoms with Crippen LogP contribution in [0, 0.1) is 5.92 Å². The van der Waals surface area contributed by atoms with Crippen molar-refractivity contribution in [3.05, 3.63) is 0 Å². The molecule has 0 bridgehead atoms. The third kappa shape index (κ3) is 3.44. The van der Waals surface area contributed by atoms with Gasteiger partial charge in [0, 0.05) is 12.6 Å². The van der Waals surface area contributed by atoms with Crippen molar-refractivity contribution in [3.63, 3.8) is 0 Å². The van der Waals surface area contributed by atoms with Crippen molar-refractivity contribution in [3.8, 4) is 0 Å². The van der Waals surface area contributed by atoms with Crippen LogP contribution in [-0.2, 0) is 0 Å². The standard InChI is InChI=1S/C13H27N3/c1-2-16-9-3-4-13(16)11-15-10-12-5-7-14-8-6-12/h12-15H,2-11H2,1H3. The van der Waals surface area contributed by atoms with Crippen LogP contribution in [0.2, 0.25) is 0 Å². The van der Waals surface area contributed by atoms with Crippen molar-refractivity contribution < 1.29 is 0 Å². The third-order valence-corrected chi connectivity index (χ3v) is 4.18. The summed E-state index contributed by atoms with van der Waals surface area (Å²) in [4.78, 5) is 2.62. The van der Waals surface area contributed by atoms with Crippen LogP contribution >= 0.6 is 0 Å². The second kappa shape index (κ2) is 6.58. The summed E-state index contributed by atoms with van der Waals surface area (Å²) in [5, 5.41) is 7.12. The number of likely N-dealkylation sites (N-methyl/N-ethyl adjacent to an activating group) is 1. The minimum absolute atomic E-state index is 0.812. The molecule has 3 heteroatoms. The van der Waals surface area contributed by atoms with E-state index in [4.69, 9.17) is 0 Å². The molecule has 3 nitrogen and oxygen atoms in total. The van der Waals surface area contributed by atoms with Crippen molar-refractivity contribution in [1.82, 2.24) is 15.5 Å². The second-order valence-electron chi connectivity index (χ2n) is 5.28. The predicted octanol–water partition coefficient (Wildman–Crippen LogP) is 1.06. The van der Waals surface area contributed by atoms with Crippen LogP contribution in [0.1, 0.15) is 32.6 Å². The Balaban J connectivity index is 1.59. The van der Waals surface area contributed by atoms with Gasteiger partial charge in [-0.05, 0) is 64.3 Å². The lowest BCUT2D eigenvalue weighted by Gasteiger charge is -2.26. The van der Waals surface area contributed by atoms with Gasteiger partial charge in [-0.25, -0.2) is 0 Å². The lowest BCUT2D eigenvalue weighted by molar-refractivity contribution is 0.252. The summed E-state index contributed by atoms with van der Waals surface area (Å²) in [6.45, 7) is 9.70. The molecule has 0 saturated carbocycles. The van der Waals surface area contributed by atoms with E-state index >= 15 is 0 Å². The Bertz CT molecular complexity index is 190. The fourth-order valence-electron chi connectivity index (χ4n) is 3.08. The third-order valence-electron chi connectivity index (χ3n) is 4.18. The average Bonchev–Trinajstić information content (AvgIpc) is 2.78. The quantitative estimate of drug-likeness (QED) is 0.732. The molecule has 94 valence electrons. The highest BCUT2D eigenvalue weighted by molar-refractivity contribution is 4.80. The van der Waals surface area contributed by atoms with Gasteiger partial charge in [0.2, 0.25) is 0 Å². The summed E-state index contributed by atoms with van der Waals surface area (Å²) >= 11 is 0. The topological polar surface area (TPSA) is 27.3 Å². The molecule has 0 amide bonds. The average molecular weight is 225 g/mol. The second-order valence-corrected chi connectivity index (χ2v) is 5.28. The van der Waals surface area contributed by atoms with Gasteiger partial charge in [0.15, 0.2) is 0 Å². The molecule has 16 heavy (non-hydrogen) atoms. The molecular weight excluding hydrogens is 198 g/mol. The molecule has 2 fully saturated rings. The van der Waals surface area contributed by atoms with Crippen molar-refractivity contribution in [2.45, 2.75) is 38.6 Å². The SMILES string of the molecule is CCN1CCCC1CNCC1CCNCC1. The maximum atomic E-state index is 3.69. The summed E-state index contributed by atoms with van der Waals surface area (Å²) < 4.78 is 0. The molecule has 1 atom stereocenters. The number of likely N-dealkylation sites (tertiary alicyclic amines) is 1. The highest BCUT2D eigenvalue weighted by Gasteiger charge is 2.22. The Hall–Kier alpha value is -0.120. The van der Waals surface area contributed by atoms with Crippen LogP contribution in [0.15, 0.2) is 0 Å². The van der Waals surface area contributed by atoms with Crippen molar-refractivity contribution >= 4 is 0 Å². The van der Waals surface area contributed by atoms with Gasteiger partial charge in [-0.1, -0.05) is 6.92 Å². The first kappa shape index (κ1) is 12.3. The molecule has 0 aromatic rings. The van der Waals surface area contributed by atoms with E-state index in [-0.39, 0.29) is 0 Å². The molecule has 1 unspecified atom stereocenters. The summed E-state index contributed by atoms with van der Waals surface area (Å²) in [5.74, 6) is 0.915. The summed E-state index contributed by atoms with van der Waals surface area (Å²) in [5.41, 5.74) is 0. The zero-order valence-corrected chi connectivity index (χ0v) is 10.7. The van der Waals surface area contributed by atoms with Gasteiger partial charge < -0.3 is 10.6 Å². The Morgan fingerprint density at radius 3 is 2.75 bits per heavy atom. The van der Waals surface area contributed by atoms with Crippen LogP contribution in [0.4, 0.5) is 0 Å². The van der Waals surface area contributed by atoms with Crippen molar-refractivity contribution in [2.24, 2.45) is 5.92 Å². The monoisotopic (exact) mass is 225 g/mol. The molecule has 2 N–H and O–H groups in total. The Morgan fingerprint density at radius 2 is 2.00 bits per heavy atom. The highest BCUT2D eigenvalue weighted by atomic mass is 15.2. The number of nitrogens with one attached hydrogen (secondary N) is 2. The number of nitrogens with zero attached hydrogens (tertiary/aromatic N) is 1. The summed E-state index contributed by atoms with van der Waals surface area (Å²) in [6, 6.07) is 0.812. The summed E-state index contributed by atoms with van der Waals surface area (Å²) in [6.07, 6.45) is 5.50. The first-order valence-corrected chi connectivity index (χ1v) is 7.05. The van der Waals surface area contributed by atoms with Gasteiger partial charge >= 0.3 is 0 Å². The lowest BCUT2D eigenvalue weighted by Crippen LogP contribution is -2.40. The van der Waals surface area contributed by atoms with Crippen LogP contribution in [0.5, 0.6) is 0 Å². The minimum atomic E-state index is 0.812. The summed E-state index contributed by atoms with van der Waals surface area (Å²) in [7, 11) is 0. The maximum Gasteiger partial charge on any atom is 0.0220 e. The molecule has 2 rings (SSSR count). The first-order chi connectivity index (χ1) is 7.90. The van der Waals surface area contributed by atoms with Crippen LogP contribution in [0.3, 0.4) is 0 Å². The van der Waals surface area contributed by atoms with Crippen molar-refractivity contribution in [2.75, 3.05) is 39.3 Å². The molecule has 0 radical (unpaired) electrons. The Morgan fingerprint density at radius 1 is 1.19 bits per heavy atom. The van der Waals surface area contributed by atoms with E-state index in [0.29, 0.717) is 0 Å². The van der Waals surface area contributed by atoms with E-state index in [1.807, 2.05) is 0 Å². The highest BCUT2D eigenvalue weighted by Crippen LogP contribution is 2.16. The van der Waals surface area contributed by atoms with E-state index in [0.717, 1.165) is 12.0 Å². The molecule has 0 aromatic heterocycles. The molecule has 2 aliphatic rings. The van der Waals surface area contributed by atoms with Gasteiger partial charge in [-0.2, -0.15) is 0 Å². The zero-order chi connectivity index (χ0) is 11.2. The maximum absolute atomic E-state index is 3.69. The van der Waals surface area contributed by atoms with Gasteiger partial charge in [0.25, 0.3) is 0 Å². The Labute approximate surface area is 100.0 Å². The number of rotatable bonds is 5. The van der Waals surface area contributed by atoms with Gasteiger partial charge in [-0.15, -0.1) is 0 Å². The molecule has 0 spiro atoms. The van der Waals surface area contributed by atoms with E-state index in [2.05, 4.69) is 22.5 Å². The Kier molecular flexibility index (Phi) is 5.07. The molecule has 2 heterocycles. The van der Waals surface area contributed by atoms with E-state index in [9.17, 15) is 0 Å². The van der Waals surface area contributed by atoms with Gasteiger partial charge in [0.1, 0.15) is 0 Å². The first-order valence-electron chi connectivity index (χ1n) is 7.05. The molecule has 0 aromatic carbocycles. The smallest absolute Gasteiger partial charge is 0.0220 e. The molecule has 0 aliphatic carbocycles. The van der Waals surface area contributed by atoms with Gasteiger partial charge in [-0.3, -0.25) is 4.90 Å². The number of hydrogen-bond acceptors (Lipinski definition) is 3. The van der Waals surface area contributed by atoms with Crippen molar-refractivity contribution in [1.29, 1.82) is 0 Å². The normalized spacial score (nSPS) is 28.7. The number of piperidine rings is 1. The fourth-order valence-corrected chi connectivity index (χ4v) is 3.08. The largest absolute Gasteiger partial charge is 0.317 e. The molecule has 2 aliphatic heterocycles. The van der Waals surface area contributed by atoms with Crippen LogP contribution in [-0.4, -0.2) is 50.2 Å². The number of hydrogen-bond donors (Lipinski definition) is 2. The predicted molar refractivity (Wildman–Crippen MR) is 68.7 cm³/mol. The van der Waals surface area contributed by atoms with E-state index < -0.39 is 0 Å². The molecule has 2 saturated heterocycles. The van der Waals surface area contributed by atoms with Gasteiger partial charge in [0.05, 0.1) is 0 Å². The lowest BCUT2D eigenvalue weighted by atomic mass is 9.98. The minimum Gasteiger partial charge on any atom is -0.317 e. The van der Waals surface area contributed by atoms with E-state index in [1.54, 1.807) is 0 Å². The zero-order valence-electron chi connectivity index (χ0n) is 10.7. The fraction of sp³-hybridized carbons (Fsp3) is 1.00. The molecular formula is C13H27N3. The van der Waals surface area contributed by atoms with Crippen LogP contribution in [0.25, 0.3) is 0 Å². The van der Waals surface area contributed by atoms with E-state index in [1.165, 1.54) is 65.0 Å². The van der Waals surface area contributed by atoms with Crippen LogP contribution < -0.4 is 10.6 Å².